The monoisotopic (exact) mass is 561 g/mol. The smallest absolute Gasteiger partial charge is 0.376 e. The molecule has 0 aromatic heterocycles. The van der Waals surface area contributed by atoms with Gasteiger partial charge in [-0.15, -0.1) is 0 Å². The van der Waals surface area contributed by atoms with Crippen LogP contribution in [-0.4, -0.2) is 83.8 Å². The van der Waals surface area contributed by atoms with Crippen LogP contribution in [0.4, 0.5) is 0 Å². The molecule has 2 fully saturated rings. The summed E-state index contributed by atoms with van der Waals surface area (Å²) in [5.41, 5.74) is 7.19. The fraction of sp³-hybridized carbons (Fsp3) is 0.667. The first-order valence-electron chi connectivity index (χ1n) is 13.8. The molecule has 13 heteroatoms. The number of benzene rings is 1. The van der Waals surface area contributed by atoms with E-state index in [4.69, 9.17) is 29.6 Å². The molecular formula is C27H45B2N3O8. The Morgan fingerprint density at radius 3 is 1.68 bits per heavy atom. The zero-order chi connectivity index (χ0) is 30.6. The Bertz CT molecular complexity index is 880. The number of nitrogens with two attached hydrogens (primary N) is 1. The number of nitrogens with zero attached hydrogens (tertiary/aromatic N) is 2. The van der Waals surface area contributed by atoms with Gasteiger partial charge in [-0.05, 0) is 89.3 Å². The fourth-order valence-electron chi connectivity index (χ4n) is 4.82. The second kappa shape index (κ2) is 20.3. The van der Waals surface area contributed by atoms with Gasteiger partial charge in [-0.2, -0.15) is 19.2 Å². The van der Waals surface area contributed by atoms with E-state index in [1.165, 1.54) is 0 Å². The van der Waals surface area contributed by atoms with Crippen LogP contribution >= 0.6 is 0 Å². The lowest BCUT2D eigenvalue weighted by Gasteiger charge is -2.41. The van der Waals surface area contributed by atoms with Gasteiger partial charge < -0.3 is 30.1 Å². The molecule has 222 valence electrons. The normalized spacial score (nSPS) is 17.5. The topological polar surface area (TPSA) is 168 Å². The van der Waals surface area contributed by atoms with Gasteiger partial charge in [0.15, 0.2) is 0 Å². The quantitative estimate of drug-likeness (QED) is 0.313. The molecule has 0 spiro atoms. The van der Waals surface area contributed by atoms with E-state index in [0.717, 1.165) is 70.3 Å². The maximum atomic E-state index is 12.2. The van der Waals surface area contributed by atoms with Crippen molar-refractivity contribution in [1.29, 1.82) is 0 Å². The number of hydrogen-bond donors (Lipinski definition) is 3. The fourth-order valence-corrected chi connectivity index (χ4v) is 4.82. The van der Waals surface area contributed by atoms with Crippen molar-refractivity contribution >= 4 is 32.4 Å². The molecule has 0 bridgehead atoms. The molecule has 2 saturated heterocycles. The maximum absolute atomic E-state index is 12.2. The summed E-state index contributed by atoms with van der Waals surface area (Å²) in [6.07, 6.45) is 6.89. The van der Waals surface area contributed by atoms with Crippen molar-refractivity contribution in [2.24, 2.45) is 11.1 Å². The Balaban J connectivity index is 0.000000708. The zero-order valence-electron chi connectivity index (χ0n) is 24.3. The van der Waals surface area contributed by atoms with Gasteiger partial charge in [0.05, 0.1) is 6.42 Å². The Morgan fingerprint density at radius 2 is 1.30 bits per heavy atom. The van der Waals surface area contributed by atoms with Crippen LogP contribution in [-0.2, 0) is 35.3 Å². The Kier molecular flexibility index (Phi) is 19.0. The largest absolute Gasteiger partial charge is 0.461 e. The van der Waals surface area contributed by atoms with E-state index < -0.39 is 7.05 Å². The summed E-state index contributed by atoms with van der Waals surface area (Å²) in [6, 6.07) is 9.77. The highest BCUT2D eigenvalue weighted by atomic mass is 16.5. The molecule has 0 radical (unpaired) electrons. The molecule has 2 aliphatic heterocycles. The SMILES string of the molecule is CCC1(CC(=O)OCc2ccccc2)CCN(B(C)O)CC1.CCC1(N)CCN(B(C)O)CC1.O=C=O.O=C=O. The predicted molar refractivity (Wildman–Crippen MR) is 150 cm³/mol. The van der Waals surface area contributed by atoms with Gasteiger partial charge in [-0.25, -0.2) is 0 Å². The lowest BCUT2D eigenvalue weighted by molar-refractivity contribution is -0.193. The molecular weight excluding hydrogens is 516 g/mol. The van der Waals surface area contributed by atoms with Crippen molar-refractivity contribution in [3.05, 3.63) is 35.9 Å². The molecule has 0 aliphatic carbocycles. The van der Waals surface area contributed by atoms with Crippen molar-refractivity contribution in [3.63, 3.8) is 0 Å². The number of piperidine rings is 2. The number of hydrogen-bond acceptors (Lipinski definition) is 11. The van der Waals surface area contributed by atoms with E-state index in [9.17, 15) is 14.8 Å². The summed E-state index contributed by atoms with van der Waals surface area (Å²) in [4.78, 5) is 48.8. The van der Waals surface area contributed by atoms with Crippen LogP contribution in [0.3, 0.4) is 0 Å². The minimum absolute atomic E-state index is 0.0269. The molecule has 3 rings (SSSR count). The molecule has 1 aromatic carbocycles. The average Bonchev–Trinajstić information content (AvgIpc) is 2.94. The lowest BCUT2D eigenvalue weighted by Crippen LogP contribution is -2.53. The Labute approximate surface area is 238 Å². The number of rotatable bonds is 8. The van der Waals surface area contributed by atoms with Gasteiger partial charge in [0.1, 0.15) is 6.61 Å². The van der Waals surface area contributed by atoms with Crippen LogP contribution < -0.4 is 5.73 Å². The summed E-state index contributed by atoms with van der Waals surface area (Å²) in [5, 5.41) is 19.0. The summed E-state index contributed by atoms with van der Waals surface area (Å²) in [7, 11) is -0.716. The Morgan fingerprint density at radius 1 is 0.875 bits per heavy atom. The molecule has 2 aliphatic rings. The molecule has 2 heterocycles. The van der Waals surface area contributed by atoms with Crippen LogP contribution in [0.25, 0.3) is 0 Å². The highest BCUT2D eigenvalue weighted by Crippen LogP contribution is 2.38. The van der Waals surface area contributed by atoms with Gasteiger partial charge in [0.25, 0.3) is 0 Å². The minimum atomic E-state index is -0.403. The van der Waals surface area contributed by atoms with Gasteiger partial charge in [-0.3, -0.25) is 4.79 Å². The maximum Gasteiger partial charge on any atom is 0.376 e. The van der Waals surface area contributed by atoms with Crippen LogP contribution in [0, 0.1) is 5.41 Å². The standard InChI is InChI=1S/C17H26BNO3.C8H19BN2O.2CO2/c1-3-17(9-11-19(12-10-17)18(2)21)13-16(20)22-14-15-7-5-4-6-8-15;1-3-8(10)4-6-11(7-5-8)9(2)12;2*2-1-3/h4-8,21H,3,9-14H2,1-2H3;12H,3-7,10H2,1-2H3;;. The molecule has 40 heavy (non-hydrogen) atoms. The molecule has 0 amide bonds. The van der Waals surface area contributed by atoms with E-state index >= 15 is 0 Å². The summed E-state index contributed by atoms with van der Waals surface area (Å²) < 4.78 is 5.43. The highest BCUT2D eigenvalue weighted by molar-refractivity contribution is 6.45. The number of ether oxygens (including phenoxy) is 1. The van der Waals surface area contributed by atoms with Crippen molar-refractivity contribution in [2.75, 3.05) is 26.2 Å². The van der Waals surface area contributed by atoms with Gasteiger partial charge in [-0.1, -0.05) is 44.2 Å². The number of carbonyl (C=O) groups is 1. The highest BCUT2D eigenvalue weighted by Gasteiger charge is 2.37. The second-order valence-corrected chi connectivity index (χ2v) is 10.4. The zero-order valence-corrected chi connectivity index (χ0v) is 24.3. The minimum Gasteiger partial charge on any atom is -0.461 e. The molecule has 4 N–H and O–H groups in total. The van der Waals surface area contributed by atoms with Crippen LogP contribution in [0.15, 0.2) is 30.3 Å². The van der Waals surface area contributed by atoms with Gasteiger partial charge >= 0.3 is 32.4 Å². The average molecular weight is 561 g/mol. The molecule has 1 aromatic rings. The van der Waals surface area contributed by atoms with E-state index in [1.807, 2.05) is 37.2 Å². The summed E-state index contributed by atoms with van der Waals surface area (Å²) in [6.45, 7) is 11.8. The van der Waals surface area contributed by atoms with Crippen LogP contribution in [0.2, 0.25) is 13.6 Å². The lowest BCUT2D eigenvalue weighted by atomic mass is 9.70. The molecule has 0 unspecified atom stereocenters. The van der Waals surface area contributed by atoms with Crippen molar-refractivity contribution < 1.29 is 38.8 Å². The first-order chi connectivity index (χ1) is 18.9. The van der Waals surface area contributed by atoms with Crippen molar-refractivity contribution in [3.8, 4) is 0 Å². The third kappa shape index (κ3) is 14.7. The van der Waals surface area contributed by atoms with E-state index in [1.54, 1.807) is 6.82 Å². The number of carbonyl (C=O) groups excluding carboxylic acids is 5. The summed E-state index contributed by atoms with van der Waals surface area (Å²) >= 11 is 0. The van der Waals surface area contributed by atoms with Crippen LogP contribution in [0.1, 0.15) is 64.4 Å². The molecule has 0 saturated carbocycles. The van der Waals surface area contributed by atoms with Crippen LogP contribution in [0.5, 0.6) is 0 Å². The van der Waals surface area contributed by atoms with E-state index in [2.05, 4.69) is 23.5 Å². The van der Waals surface area contributed by atoms with Crippen molar-refractivity contribution in [2.45, 2.75) is 84.6 Å². The van der Waals surface area contributed by atoms with Gasteiger partial charge in [0, 0.05) is 5.54 Å². The summed E-state index contributed by atoms with van der Waals surface area (Å²) in [5.74, 6) is -0.115. The number of esters is 1. The molecule has 0 atom stereocenters. The first kappa shape index (κ1) is 37.4. The van der Waals surface area contributed by atoms with Crippen molar-refractivity contribution in [1.82, 2.24) is 9.62 Å². The first-order valence-corrected chi connectivity index (χ1v) is 13.8. The van der Waals surface area contributed by atoms with E-state index in [0.29, 0.717) is 13.0 Å². The Hall–Kier alpha value is -2.62. The second-order valence-electron chi connectivity index (χ2n) is 10.4. The third-order valence-corrected chi connectivity index (χ3v) is 7.93. The molecule has 11 nitrogen and oxygen atoms in total. The van der Waals surface area contributed by atoms with E-state index in [-0.39, 0.29) is 36.3 Å². The van der Waals surface area contributed by atoms with Gasteiger partial charge in [0.2, 0.25) is 0 Å². The third-order valence-electron chi connectivity index (χ3n) is 7.93. The predicted octanol–water partition coefficient (Wildman–Crippen LogP) is 1.86.